The summed E-state index contributed by atoms with van der Waals surface area (Å²) in [6.07, 6.45) is 4.24. The van der Waals surface area contributed by atoms with Crippen molar-refractivity contribution in [1.29, 1.82) is 0 Å². The molecule has 0 bridgehead atoms. The average molecular weight is 318 g/mol. The first kappa shape index (κ1) is 16.2. The van der Waals surface area contributed by atoms with Gasteiger partial charge in [-0.05, 0) is 31.6 Å². The fraction of sp³-hybridized carbons (Fsp3) is 0.846. The van der Waals surface area contributed by atoms with Crippen LogP contribution in [-0.2, 0) is 24.3 Å². The predicted molar refractivity (Wildman–Crippen MR) is 75.8 cm³/mol. The molecular weight excluding hydrogens is 296 g/mol. The number of esters is 1. The maximum absolute atomic E-state index is 12.3. The van der Waals surface area contributed by atoms with Crippen LogP contribution in [0, 0.1) is 11.8 Å². The number of ether oxygens (including phenoxy) is 1. The van der Waals surface area contributed by atoms with Gasteiger partial charge in [-0.2, -0.15) is 0 Å². The summed E-state index contributed by atoms with van der Waals surface area (Å²) in [5, 5.41) is 2.74. The van der Waals surface area contributed by atoms with Crippen LogP contribution in [0.3, 0.4) is 0 Å². The lowest BCUT2D eigenvalue weighted by molar-refractivity contribution is -0.146. The number of nitrogens with zero attached hydrogens (tertiary/aromatic N) is 1. The van der Waals surface area contributed by atoms with E-state index in [-0.39, 0.29) is 18.4 Å². The maximum Gasteiger partial charge on any atom is 0.328 e. The summed E-state index contributed by atoms with van der Waals surface area (Å²) in [5.74, 6) is -0.942. The van der Waals surface area contributed by atoms with Crippen LogP contribution >= 0.6 is 0 Å². The van der Waals surface area contributed by atoms with Gasteiger partial charge in [0.15, 0.2) is 0 Å². The van der Waals surface area contributed by atoms with Gasteiger partial charge >= 0.3 is 5.97 Å². The number of carbonyl (C=O) groups is 2. The number of carbonyl (C=O) groups excluding carboxylic acids is 2. The molecule has 0 spiro atoms. The molecule has 1 amide bonds. The van der Waals surface area contributed by atoms with E-state index in [4.69, 9.17) is 4.74 Å². The Kier molecular flexibility index (Phi) is 4.88. The van der Waals surface area contributed by atoms with Crippen molar-refractivity contribution in [3.63, 3.8) is 0 Å². The Morgan fingerprint density at radius 1 is 1.29 bits per heavy atom. The highest BCUT2D eigenvalue weighted by atomic mass is 32.2. The number of hydrogen-bond acceptors (Lipinski definition) is 5. The summed E-state index contributed by atoms with van der Waals surface area (Å²) >= 11 is 0. The van der Waals surface area contributed by atoms with Crippen LogP contribution in [-0.4, -0.2) is 57.1 Å². The van der Waals surface area contributed by atoms with Crippen molar-refractivity contribution >= 4 is 21.9 Å². The highest BCUT2D eigenvalue weighted by Crippen LogP contribution is 2.33. The minimum Gasteiger partial charge on any atom is -0.467 e. The van der Waals surface area contributed by atoms with Crippen LogP contribution < -0.4 is 5.32 Å². The molecule has 1 heterocycles. The summed E-state index contributed by atoms with van der Waals surface area (Å²) in [4.78, 5) is 24.0. The monoisotopic (exact) mass is 318 g/mol. The zero-order valence-corrected chi connectivity index (χ0v) is 13.2. The molecule has 21 heavy (non-hydrogen) atoms. The van der Waals surface area contributed by atoms with Gasteiger partial charge in [-0.15, -0.1) is 0 Å². The van der Waals surface area contributed by atoms with Gasteiger partial charge in [-0.3, -0.25) is 4.79 Å². The lowest BCUT2D eigenvalue weighted by Gasteiger charge is -2.31. The molecule has 2 rings (SSSR count). The highest BCUT2D eigenvalue weighted by Gasteiger charge is 2.40. The van der Waals surface area contributed by atoms with Gasteiger partial charge in [0.05, 0.1) is 19.3 Å². The Balaban J connectivity index is 1.97. The second-order valence-corrected chi connectivity index (χ2v) is 7.79. The molecule has 2 atom stereocenters. The van der Waals surface area contributed by atoms with Crippen LogP contribution in [0.25, 0.3) is 0 Å². The van der Waals surface area contributed by atoms with Crippen LogP contribution in [0.15, 0.2) is 0 Å². The molecule has 2 fully saturated rings. The van der Waals surface area contributed by atoms with E-state index in [9.17, 15) is 18.0 Å². The van der Waals surface area contributed by atoms with Gasteiger partial charge in [-0.1, -0.05) is 0 Å². The first-order valence-electron chi connectivity index (χ1n) is 7.16. The average Bonchev–Trinajstić information content (AvgIpc) is 3.27. The summed E-state index contributed by atoms with van der Waals surface area (Å²) in [7, 11) is -1.98. The molecule has 1 N–H and O–H groups in total. The quantitative estimate of drug-likeness (QED) is 0.704. The minimum atomic E-state index is -3.28. The largest absolute Gasteiger partial charge is 0.467 e. The minimum absolute atomic E-state index is 0.149. The van der Waals surface area contributed by atoms with Gasteiger partial charge in [0, 0.05) is 13.1 Å². The third-order valence-corrected chi connectivity index (χ3v) is 5.34. The standard InChI is InChI=1S/C13H22N2O5S/c1-20-13(17)11(9-5-6-9)14-12(16)10-4-3-7-15(8-10)21(2,18)19/h9-11H,3-8H2,1-2H3,(H,14,16)/t10-,11-/m0/s1. The Morgan fingerprint density at radius 2 is 1.95 bits per heavy atom. The van der Waals surface area contributed by atoms with E-state index in [0.29, 0.717) is 19.4 Å². The van der Waals surface area contributed by atoms with Gasteiger partial charge in [0.2, 0.25) is 15.9 Å². The highest BCUT2D eigenvalue weighted by molar-refractivity contribution is 7.88. The number of sulfonamides is 1. The van der Waals surface area contributed by atoms with Gasteiger partial charge < -0.3 is 10.1 Å². The van der Waals surface area contributed by atoms with E-state index >= 15 is 0 Å². The molecule has 1 aliphatic heterocycles. The van der Waals surface area contributed by atoms with E-state index in [2.05, 4.69) is 5.32 Å². The van der Waals surface area contributed by atoms with Crippen molar-refractivity contribution in [2.45, 2.75) is 31.7 Å². The molecule has 1 saturated heterocycles. The van der Waals surface area contributed by atoms with Crippen LogP contribution in [0.4, 0.5) is 0 Å². The first-order valence-corrected chi connectivity index (χ1v) is 9.01. The van der Waals surface area contributed by atoms with Crippen LogP contribution in [0.5, 0.6) is 0 Å². The molecule has 0 radical (unpaired) electrons. The number of amides is 1. The summed E-state index contributed by atoms with van der Waals surface area (Å²) in [6, 6.07) is -0.601. The molecule has 0 aromatic rings. The summed E-state index contributed by atoms with van der Waals surface area (Å²) in [6.45, 7) is 0.634. The number of hydrogen-bond donors (Lipinski definition) is 1. The van der Waals surface area contributed by atoms with E-state index in [1.54, 1.807) is 0 Å². The Hall–Kier alpha value is -1.15. The van der Waals surface area contributed by atoms with Crippen molar-refractivity contribution in [2.75, 3.05) is 26.5 Å². The van der Waals surface area contributed by atoms with Crippen molar-refractivity contribution in [1.82, 2.24) is 9.62 Å². The van der Waals surface area contributed by atoms with Gasteiger partial charge in [-0.25, -0.2) is 17.5 Å². The molecule has 0 unspecified atom stereocenters. The fourth-order valence-electron chi connectivity index (χ4n) is 2.65. The van der Waals surface area contributed by atoms with Crippen molar-refractivity contribution in [3.8, 4) is 0 Å². The zero-order valence-electron chi connectivity index (χ0n) is 12.4. The second kappa shape index (κ2) is 6.31. The van der Waals surface area contributed by atoms with E-state index in [1.807, 2.05) is 0 Å². The van der Waals surface area contributed by atoms with Gasteiger partial charge in [0.25, 0.3) is 0 Å². The number of piperidine rings is 1. The zero-order chi connectivity index (χ0) is 15.6. The Bertz CT molecular complexity index is 515. The third kappa shape index (κ3) is 4.16. The SMILES string of the molecule is COC(=O)[C@@H](NC(=O)[C@H]1CCCN(S(C)(=O)=O)C1)C1CC1. The lowest BCUT2D eigenvalue weighted by atomic mass is 9.98. The van der Waals surface area contributed by atoms with Crippen molar-refractivity contribution < 1.29 is 22.7 Å². The molecule has 7 nitrogen and oxygen atoms in total. The van der Waals surface area contributed by atoms with Crippen LogP contribution in [0.2, 0.25) is 0 Å². The van der Waals surface area contributed by atoms with Crippen molar-refractivity contribution in [3.05, 3.63) is 0 Å². The van der Waals surface area contributed by atoms with E-state index in [0.717, 1.165) is 19.1 Å². The smallest absolute Gasteiger partial charge is 0.328 e. The van der Waals surface area contributed by atoms with E-state index < -0.39 is 28.0 Å². The van der Waals surface area contributed by atoms with Gasteiger partial charge in [0.1, 0.15) is 6.04 Å². The molecule has 1 saturated carbocycles. The number of nitrogens with one attached hydrogen (secondary N) is 1. The predicted octanol–water partition coefficient (Wildman–Crippen LogP) is -0.274. The maximum atomic E-state index is 12.3. The normalized spacial score (nSPS) is 25.1. The molecule has 0 aromatic carbocycles. The topological polar surface area (TPSA) is 92.8 Å². The van der Waals surface area contributed by atoms with Crippen molar-refractivity contribution in [2.24, 2.45) is 11.8 Å². The summed E-state index contributed by atoms with van der Waals surface area (Å²) in [5.41, 5.74) is 0. The molecule has 2 aliphatic rings. The molecule has 1 aliphatic carbocycles. The Labute approximate surface area is 125 Å². The van der Waals surface area contributed by atoms with E-state index in [1.165, 1.54) is 11.4 Å². The lowest BCUT2D eigenvalue weighted by Crippen LogP contribution is -2.50. The number of methoxy groups -OCH3 is 1. The number of rotatable bonds is 5. The molecule has 0 aromatic heterocycles. The molecular formula is C13H22N2O5S. The van der Waals surface area contributed by atoms with Crippen LogP contribution in [0.1, 0.15) is 25.7 Å². The Morgan fingerprint density at radius 3 is 2.48 bits per heavy atom. The summed E-state index contributed by atoms with van der Waals surface area (Å²) < 4.78 is 29.2. The fourth-order valence-corrected chi connectivity index (χ4v) is 3.57. The molecule has 8 heteroatoms. The second-order valence-electron chi connectivity index (χ2n) is 5.81. The third-order valence-electron chi connectivity index (χ3n) is 4.07. The first-order chi connectivity index (χ1) is 9.82. The molecule has 120 valence electrons.